The Morgan fingerprint density at radius 2 is 1.73 bits per heavy atom. The summed E-state index contributed by atoms with van der Waals surface area (Å²) in [5.74, 6) is 0.463. The fraction of sp³-hybridized carbons (Fsp3) is 0.214. The number of sulfonamides is 1. The van der Waals surface area contributed by atoms with Crippen molar-refractivity contribution >= 4 is 49.5 Å². The van der Waals surface area contributed by atoms with Crippen LogP contribution in [0.1, 0.15) is 29.8 Å². The molecule has 0 radical (unpaired) electrons. The third kappa shape index (κ3) is 4.52. The van der Waals surface area contributed by atoms with Crippen molar-refractivity contribution in [3.05, 3.63) is 89.7 Å². The van der Waals surface area contributed by atoms with Gasteiger partial charge in [0.15, 0.2) is 0 Å². The summed E-state index contributed by atoms with van der Waals surface area (Å²) in [6.45, 7) is 0.994. The highest BCUT2D eigenvalue weighted by Gasteiger charge is 2.31. The number of carbonyl (C=O) groups excluding carboxylic acids is 1. The smallest absolute Gasteiger partial charge is 0.257 e. The molecule has 8 nitrogen and oxygen atoms in total. The molecule has 1 aromatic heterocycles. The van der Waals surface area contributed by atoms with Crippen molar-refractivity contribution in [3.8, 4) is 0 Å². The molecule has 0 spiro atoms. The molecule has 0 atom stereocenters. The number of rotatable bonds is 5. The molecule has 3 N–H and O–H groups in total. The van der Waals surface area contributed by atoms with Gasteiger partial charge in [-0.3, -0.25) is 4.79 Å². The molecule has 0 unspecified atom stereocenters. The molecule has 37 heavy (non-hydrogen) atoms. The summed E-state index contributed by atoms with van der Waals surface area (Å²) in [5.41, 5.74) is 6.39. The standard InChI is InChI=1S/C28H27N5O3S/c1-37(35,36)33-15-13-19(14-16-33)29-20-11-12-22-21(17-20)26(28(34)32-22)25(18-7-3-2-4-8-18)27-30-23-9-5-6-10-24(23)31-27/h2-12,17,19,29H,13-16H2,1H3,(H,30,31)(H,32,34)/b26-25-. The van der Waals surface area contributed by atoms with Gasteiger partial charge >= 0.3 is 0 Å². The monoisotopic (exact) mass is 513 g/mol. The number of imidazole rings is 1. The van der Waals surface area contributed by atoms with E-state index >= 15 is 0 Å². The molecular formula is C28H27N5O3S. The lowest BCUT2D eigenvalue weighted by molar-refractivity contribution is -0.110. The normalized spacial score (nSPS) is 18.0. The molecule has 3 heterocycles. The van der Waals surface area contributed by atoms with Crippen LogP contribution in [0.2, 0.25) is 0 Å². The lowest BCUT2D eigenvalue weighted by atomic mass is 9.94. The summed E-state index contributed by atoms with van der Waals surface area (Å²) >= 11 is 0. The van der Waals surface area contributed by atoms with Crippen LogP contribution < -0.4 is 10.6 Å². The van der Waals surface area contributed by atoms with E-state index in [1.807, 2.05) is 72.8 Å². The second kappa shape index (κ2) is 9.17. The van der Waals surface area contributed by atoms with E-state index in [1.165, 1.54) is 10.6 Å². The third-order valence-electron chi connectivity index (χ3n) is 7.00. The number of aromatic nitrogens is 2. The second-order valence-corrected chi connectivity index (χ2v) is 11.5. The summed E-state index contributed by atoms with van der Waals surface area (Å²) in [6.07, 6.45) is 2.70. The number of hydrogen-bond donors (Lipinski definition) is 3. The Labute approximate surface area is 215 Å². The van der Waals surface area contributed by atoms with Gasteiger partial charge < -0.3 is 15.6 Å². The van der Waals surface area contributed by atoms with Crippen LogP contribution in [0, 0.1) is 0 Å². The van der Waals surface area contributed by atoms with E-state index in [0.717, 1.165) is 51.9 Å². The predicted molar refractivity (Wildman–Crippen MR) is 147 cm³/mol. The van der Waals surface area contributed by atoms with E-state index in [4.69, 9.17) is 4.98 Å². The van der Waals surface area contributed by atoms with Gasteiger partial charge in [0.05, 0.1) is 22.9 Å². The summed E-state index contributed by atoms with van der Waals surface area (Å²) < 4.78 is 25.2. The lowest BCUT2D eigenvalue weighted by Crippen LogP contribution is -2.41. The molecule has 3 aromatic carbocycles. The van der Waals surface area contributed by atoms with Crippen molar-refractivity contribution in [2.24, 2.45) is 0 Å². The van der Waals surface area contributed by atoms with Gasteiger partial charge in [0, 0.05) is 41.6 Å². The summed E-state index contributed by atoms with van der Waals surface area (Å²) in [6, 6.07) is 23.6. The average molecular weight is 514 g/mol. The molecule has 0 bridgehead atoms. The Hall–Kier alpha value is -3.95. The van der Waals surface area contributed by atoms with Gasteiger partial charge in [0.1, 0.15) is 5.82 Å². The summed E-state index contributed by atoms with van der Waals surface area (Å²) in [5, 5.41) is 6.57. The maximum absolute atomic E-state index is 13.4. The molecule has 9 heteroatoms. The topological polar surface area (TPSA) is 107 Å². The van der Waals surface area contributed by atoms with Crippen LogP contribution in [0.4, 0.5) is 11.4 Å². The number of amides is 1. The number of H-pyrrole nitrogens is 1. The first kappa shape index (κ1) is 23.4. The zero-order valence-electron chi connectivity index (χ0n) is 20.4. The second-order valence-electron chi connectivity index (χ2n) is 9.51. The Kier molecular flexibility index (Phi) is 5.81. The van der Waals surface area contributed by atoms with Crippen LogP contribution in [0.25, 0.3) is 22.2 Å². The fourth-order valence-corrected chi connectivity index (χ4v) is 6.02. The van der Waals surface area contributed by atoms with Crippen molar-refractivity contribution in [1.82, 2.24) is 14.3 Å². The Morgan fingerprint density at radius 1 is 1.00 bits per heavy atom. The van der Waals surface area contributed by atoms with E-state index in [9.17, 15) is 13.2 Å². The summed E-state index contributed by atoms with van der Waals surface area (Å²) in [4.78, 5) is 21.6. The highest BCUT2D eigenvalue weighted by Crippen LogP contribution is 2.41. The number of para-hydroxylation sites is 2. The van der Waals surface area contributed by atoms with E-state index < -0.39 is 10.0 Å². The number of fused-ring (bicyclic) bond motifs is 2. The minimum atomic E-state index is -3.17. The van der Waals surface area contributed by atoms with Gasteiger partial charge in [-0.05, 0) is 48.7 Å². The van der Waals surface area contributed by atoms with Crippen LogP contribution in [-0.4, -0.2) is 54.0 Å². The Balaban J connectivity index is 1.40. The number of benzene rings is 3. The zero-order valence-corrected chi connectivity index (χ0v) is 21.2. The predicted octanol–water partition coefficient (Wildman–Crippen LogP) is 4.31. The minimum absolute atomic E-state index is 0.150. The van der Waals surface area contributed by atoms with Gasteiger partial charge in [-0.1, -0.05) is 42.5 Å². The van der Waals surface area contributed by atoms with E-state index in [1.54, 1.807) is 0 Å². The van der Waals surface area contributed by atoms with E-state index in [0.29, 0.717) is 24.5 Å². The molecule has 188 valence electrons. The fourth-order valence-electron chi connectivity index (χ4n) is 5.15. The molecule has 2 aliphatic rings. The average Bonchev–Trinajstić information content (AvgIpc) is 3.45. The van der Waals surface area contributed by atoms with Gasteiger partial charge in [-0.25, -0.2) is 17.7 Å². The van der Waals surface area contributed by atoms with Crippen LogP contribution in [0.5, 0.6) is 0 Å². The van der Waals surface area contributed by atoms with Gasteiger partial charge in [0.25, 0.3) is 5.91 Å². The molecule has 1 fully saturated rings. The number of nitrogens with one attached hydrogen (secondary N) is 3. The maximum Gasteiger partial charge on any atom is 0.257 e. The van der Waals surface area contributed by atoms with Gasteiger partial charge in [-0.2, -0.15) is 0 Å². The van der Waals surface area contributed by atoms with Crippen molar-refractivity contribution in [2.45, 2.75) is 18.9 Å². The zero-order chi connectivity index (χ0) is 25.6. The molecule has 1 amide bonds. The van der Waals surface area contributed by atoms with Gasteiger partial charge in [0.2, 0.25) is 10.0 Å². The van der Waals surface area contributed by atoms with Crippen molar-refractivity contribution in [2.75, 3.05) is 30.0 Å². The SMILES string of the molecule is CS(=O)(=O)N1CCC(Nc2ccc3c(c2)/C(=C(\c2ccccc2)c2nc4ccccc4[nH]2)C(=O)N3)CC1. The first-order valence-electron chi connectivity index (χ1n) is 12.3. The maximum atomic E-state index is 13.4. The van der Waals surface area contributed by atoms with Crippen LogP contribution >= 0.6 is 0 Å². The minimum Gasteiger partial charge on any atom is -0.382 e. The van der Waals surface area contributed by atoms with E-state index in [-0.39, 0.29) is 11.9 Å². The highest BCUT2D eigenvalue weighted by atomic mass is 32.2. The first-order valence-corrected chi connectivity index (χ1v) is 14.1. The number of hydrogen-bond acceptors (Lipinski definition) is 5. The van der Waals surface area contributed by atoms with Gasteiger partial charge in [-0.15, -0.1) is 0 Å². The Morgan fingerprint density at radius 3 is 2.46 bits per heavy atom. The Bertz CT molecular complexity index is 1600. The first-order chi connectivity index (χ1) is 17.9. The number of nitrogens with zero attached hydrogens (tertiary/aromatic N) is 2. The largest absolute Gasteiger partial charge is 0.382 e. The molecule has 2 aliphatic heterocycles. The number of aromatic amines is 1. The molecule has 1 saturated heterocycles. The molecule has 4 aromatic rings. The van der Waals surface area contributed by atoms with Crippen molar-refractivity contribution < 1.29 is 13.2 Å². The highest BCUT2D eigenvalue weighted by molar-refractivity contribution is 7.88. The number of piperidine rings is 1. The molecule has 0 saturated carbocycles. The van der Waals surface area contributed by atoms with E-state index in [2.05, 4.69) is 15.6 Å². The van der Waals surface area contributed by atoms with Crippen LogP contribution in [0.15, 0.2) is 72.8 Å². The number of anilines is 2. The summed E-state index contributed by atoms with van der Waals surface area (Å²) in [7, 11) is -3.17. The van der Waals surface area contributed by atoms with Crippen molar-refractivity contribution in [1.29, 1.82) is 0 Å². The quantitative estimate of drug-likeness (QED) is 0.345. The lowest BCUT2D eigenvalue weighted by Gasteiger charge is -2.31. The molecule has 0 aliphatic carbocycles. The van der Waals surface area contributed by atoms with Crippen molar-refractivity contribution in [3.63, 3.8) is 0 Å². The molecular weight excluding hydrogens is 486 g/mol. The third-order valence-corrected chi connectivity index (χ3v) is 8.30. The number of carbonyl (C=O) groups is 1. The van der Waals surface area contributed by atoms with Crippen LogP contribution in [-0.2, 0) is 14.8 Å². The molecule has 6 rings (SSSR count). The van der Waals surface area contributed by atoms with Crippen LogP contribution in [0.3, 0.4) is 0 Å².